The van der Waals surface area contributed by atoms with E-state index in [0.29, 0.717) is 6.61 Å². The van der Waals surface area contributed by atoms with Crippen molar-refractivity contribution >= 4 is 0 Å². The fourth-order valence-electron chi connectivity index (χ4n) is 1.34. The van der Waals surface area contributed by atoms with Crippen LogP contribution in [0.25, 0.3) is 0 Å². The maximum atomic E-state index is 9.91. The number of hydrogen-bond acceptors (Lipinski definition) is 2. The van der Waals surface area contributed by atoms with E-state index in [0.717, 1.165) is 32.1 Å². The highest BCUT2D eigenvalue weighted by atomic mass is 16.3. The zero-order valence-electron chi connectivity index (χ0n) is 10.1. The molecule has 14 heavy (non-hydrogen) atoms. The molecule has 0 bridgehead atoms. The van der Waals surface area contributed by atoms with Gasteiger partial charge in [0.2, 0.25) is 0 Å². The zero-order chi connectivity index (χ0) is 11.2. The molecule has 0 rings (SSSR count). The Balaban J connectivity index is 3.67. The van der Waals surface area contributed by atoms with Crippen LogP contribution in [-0.4, -0.2) is 22.4 Å². The molecule has 0 radical (unpaired) electrons. The van der Waals surface area contributed by atoms with Gasteiger partial charge in [0.1, 0.15) is 0 Å². The van der Waals surface area contributed by atoms with Crippen molar-refractivity contribution in [2.45, 2.75) is 65.4 Å². The fraction of sp³-hybridized carbons (Fsp3) is 1.00. The second-order valence-electron chi connectivity index (χ2n) is 5.33. The highest BCUT2D eigenvalue weighted by molar-refractivity contribution is 4.85. The fourth-order valence-corrected chi connectivity index (χ4v) is 1.34. The first kappa shape index (κ1) is 13.9. The maximum absolute atomic E-state index is 9.91. The molecule has 0 unspecified atom stereocenters. The zero-order valence-corrected chi connectivity index (χ0v) is 10.1. The molecule has 0 saturated heterocycles. The number of rotatable bonds is 7. The molecule has 0 fully saturated rings. The highest BCUT2D eigenvalue weighted by Gasteiger charge is 2.33. The smallest absolute Gasteiger partial charge is 0.0642 e. The molecule has 0 atom stereocenters. The average Bonchev–Trinajstić information content (AvgIpc) is 2.02. The van der Waals surface area contributed by atoms with Crippen molar-refractivity contribution in [2.24, 2.45) is 5.41 Å². The summed E-state index contributed by atoms with van der Waals surface area (Å²) < 4.78 is 0. The Labute approximate surface area is 88.3 Å². The average molecular weight is 202 g/mol. The first-order valence-corrected chi connectivity index (χ1v) is 5.64. The van der Waals surface area contributed by atoms with E-state index in [9.17, 15) is 5.11 Å². The molecule has 86 valence electrons. The van der Waals surface area contributed by atoms with E-state index in [1.54, 1.807) is 0 Å². The first-order chi connectivity index (χ1) is 6.31. The summed E-state index contributed by atoms with van der Waals surface area (Å²) in [6.45, 7) is 8.27. The predicted molar refractivity (Wildman–Crippen MR) is 60.2 cm³/mol. The maximum Gasteiger partial charge on any atom is 0.0642 e. The molecule has 0 aliphatic rings. The van der Waals surface area contributed by atoms with Gasteiger partial charge in [-0.2, -0.15) is 0 Å². The second kappa shape index (κ2) is 5.72. The van der Waals surface area contributed by atoms with E-state index in [1.807, 2.05) is 13.8 Å². The molecule has 0 aliphatic heterocycles. The predicted octanol–water partition coefficient (Wildman–Crippen LogP) is 2.73. The lowest BCUT2D eigenvalue weighted by Gasteiger charge is -2.37. The number of hydrogen-bond donors (Lipinski definition) is 2. The topological polar surface area (TPSA) is 40.5 Å². The minimum atomic E-state index is -0.607. The van der Waals surface area contributed by atoms with Gasteiger partial charge in [0.15, 0.2) is 0 Å². The van der Waals surface area contributed by atoms with Crippen molar-refractivity contribution in [1.82, 2.24) is 0 Å². The Hall–Kier alpha value is -0.0800. The van der Waals surface area contributed by atoms with Crippen molar-refractivity contribution in [3.05, 3.63) is 0 Å². The minimum absolute atomic E-state index is 0.0216. The van der Waals surface area contributed by atoms with Crippen LogP contribution in [0.15, 0.2) is 0 Å². The monoisotopic (exact) mass is 202 g/mol. The van der Waals surface area contributed by atoms with Crippen molar-refractivity contribution in [3.8, 4) is 0 Å². The molecule has 0 amide bonds. The molecule has 0 spiro atoms. The van der Waals surface area contributed by atoms with Crippen LogP contribution in [0.5, 0.6) is 0 Å². The van der Waals surface area contributed by atoms with Crippen LogP contribution in [0.3, 0.4) is 0 Å². The lowest BCUT2D eigenvalue weighted by Crippen LogP contribution is -2.38. The van der Waals surface area contributed by atoms with E-state index in [2.05, 4.69) is 13.8 Å². The Morgan fingerprint density at radius 3 is 1.79 bits per heavy atom. The Bertz CT molecular complexity index is 145. The first-order valence-electron chi connectivity index (χ1n) is 5.64. The molecule has 2 nitrogen and oxygen atoms in total. The van der Waals surface area contributed by atoms with Gasteiger partial charge in [-0.05, 0) is 32.1 Å². The Morgan fingerprint density at radius 1 is 0.857 bits per heavy atom. The summed E-state index contributed by atoms with van der Waals surface area (Å²) in [7, 11) is 0. The summed E-state index contributed by atoms with van der Waals surface area (Å²) in [6, 6.07) is 0. The van der Waals surface area contributed by atoms with Crippen molar-refractivity contribution in [1.29, 1.82) is 0 Å². The molecule has 0 heterocycles. The lowest BCUT2D eigenvalue weighted by atomic mass is 9.73. The third-order valence-corrected chi connectivity index (χ3v) is 3.37. The molecule has 0 saturated carbocycles. The van der Waals surface area contributed by atoms with E-state index in [-0.39, 0.29) is 5.41 Å². The van der Waals surface area contributed by atoms with Crippen molar-refractivity contribution in [2.75, 3.05) is 6.61 Å². The Kier molecular flexibility index (Phi) is 5.68. The van der Waals surface area contributed by atoms with Crippen LogP contribution >= 0.6 is 0 Å². The summed E-state index contributed by atoms with van der Waals surface area (Å²) in [5, 5.41) is 18.5. The second-order valence-corrected chi connectivity index (χ2v) is 5.33. The molecule has 2 heteroatoms. The van der Waals surface area contributed by atoms with E-state index in [4.69, 9.17) is 5.11 Å². The van der Waals surface area contributed by atoms with Gasteiger partial charge in [-0.3, -0.25) is 0 Å². The van der Waals surface area contributed by atoms with Gasteiger partial charge < -0.3 is 10.2 Å². The van der Waals surface area contributed by atoms with Crippen LogP contribution in [-0.2, 0) is 0 Å². The quantitative estimate of drug-likeness (QED) is 0.623. The lowest BCUT2D eigenvalue weighted by molar-refractivity contribution is -0.0405. The van der Waals surface area contributed by atoms with Gasteiger partial charge in [0.05, 0.1) is 5.60 Å². The van der Waals surface area contributed by atoms with Gasteiger partial charge in [-0.25, -0.2) is 0 Å². The highest BCUT2D eigenvalue weighted by Crippen LogP contribution is 2.35. The van der Waals surface area contributed by atoms with Gasteiger partial charge in [-0.1, -0.05) is 33.1 Å². The van der Waals surface area contributed by atoms with E-state index < -0.39 is 5.60 Å². The minimum Gasteiger partial charge on any atom is -0.396 e. The summed E-state index contributed by atoms with van der Waals surface area (Å²) in [5.74, 6) is 0. The third kappa shape index (κ3) is 4.97. The largest absolute Gasteiger partial charge is 0.396 e. The molecule has 0 aromatic heterocycles. The molecular weight excluding hydrogens is 176 g/mol. The van der Waals surface area contributed by atoms with Crippen molar-refractivity contribution in [3.63, 3.8) is 0 Å². The summed E-state index contributed by atoms with van der Waals surface area (Å²) in [6.07, 6.45) is 5.33. The number of aliphatic hydroxyl groups is 2. The standard InChI is InChI=1S/C12H26O2/c1-11(2,12(3,4)14)9-7-5-6-8-10-13/h13-14H,5-10H2,1-4H3. The Morgan fingerprint density at radius 2 is 1.36 bits per heavy atom. The third-order valence-electron chi connectivity index (χ3n) is 3.37. The summed E-state index contributed by atoms with van der Waals surface area (Å²) in [4.78, 5) is 0. The van der Waals surface area contributed by atoms with Gasteiger partial charge >= 0.3 is 0 Å². The molecule has 2 N–H and O–H groups in total. The van der Waals surface area contributed by atoms with Gasteiger partial charge in [0, 0.05) is 6.61 Å². The molecular formula is C12H26O2. The number of unbranched alkanes of at least 4 members (excludes halogenated alkanes) is 3. The van der Waals surface area contributed by atoms with Gasteiger partial charge in [-0.15, -0.1) is 0 Å². The molecule has 0 aromatic rings. The summed E-state index contributed by atoms with van der Waals surface area (Å²) in [5.41, 5.74) is -0.629. The van der Waals surface area contributed by atoms with Crippen molar-refractivity contribution < 1.29 is 10.2 Å². The van der Waals surface area contributed by atoms with Crippen LogP contribution in [0.2, 0.25) is 0 Å². The van der Waals surface area contributed by atoms with Crippen LogP contribution < -0.4 is 0 Å². The summed E-state index contributed by atoms with van der Waals surface area (Å²) >= 11 is 0. The van der Waals surface area contributed by atoms with E-state index in [1.165, 1.54) is 0 Å². The molecule has 0 aromatic carbocycles. The van der Waals surface area contributed by atoms with Gasteiger partial charge in [0.25, 0.3) is 0 Å². The SMILES string of the molecule is CC(C)(O)C(C)(C)CCCCCCO. The normalized spacial score (nSPS) is 13.3. The van der Waals surface area contributed by atoms with Crippen LogP contribution in [0, 0.1) is 5.41 Å². The van der Waals surface area contributed by atoms with Crippen LogP contribution in [0.1, 0.15) is 59.8 Å². The van der Waals surface area contributed by atoms with E-state index >= 15 is 0 Å². The number of aliphatic hydroxyl groups excluding tert-OH is 1. The molecule has 0 aliphatic carbocycles. The van der Waals surface area contributed by atoms with Crippen LogP contribution in [0.4, 0.5) is 0 Å².